The second-order valence-corrected chi connectivity index (χ2v) is 13.3. The van der Waals surface area contributed by atoms with Gasteiger partial charge in [-0.25, -0.2) is 4.98 Å². The van der Waals surface area contributed by atoms with Crippen molar-refractivity contribution in [2.75, 3.05) is 50.6 Å². The number of aliphatic hydroxyl groups is 2. The third-order valence-electron chi connectivity index (χ3n) is 6.39. The number of piperazine rings is 3. The van der Waals surface area contributed by atoms with Crippen LogP contribution >= 0.6 is 26.8 Å². The highest BCUT2D eigenvalue weighted by atomic mass is 35.5. The monoisotopic (exact) mass is 569 g/mol. The maximum absolute atomic E-state index is 11.9. The van der Waals surface area contributed by atoms with Crippen LogP contribution in [0.2, 0.25) is 5.28 Å². The molecule has 4 saturated heterocycles. The first kappa shape index (κ1) is 26.4. The molecule has 2 aromatic heterocycles. The first-order chi connectivity index (χ1) is 16.9. The molecule has 16 nitrogen and oxygen atoms in total. The van der Waals surface area contributed by atoms with E-state index in [0.717, 1.165) is 32.7 Å². The second kappa shape index (κ2) is 9.80. The third kappa shape index (κ3) is 5.46. The van der Waals surface area contributed by atoms with Crippen molar-refractivity contribution in [1.29, 1.82) is 0 Å². The summed E-state index contributed by atoms with van der Waals surface area (Å²) < 4.78 is 34.7. The number of hydrogen-bond donors (Lipinski definition) is 6. The van der Waals surface area contributed by atoms with E-state index in [1.165, 1.54) is 10.9 Å². The number of nitrogens with zero attached hydrogens (tertiary/aromatic N) is 6. The summed E-state index contributed by atoms with van der Waals surface area (Å²) in [7, 11) is -9.50. The first-order valence-corrected chi connectivity index (χ1v) is 15.0. The molecule has 6 N–H and O–H groups in total. The van der Waals surface area contributed by atoms with Gasteiger partial charge in [-0.05, 0) is 11.6 Å². The molecule has 19 heteroatoms. The smallest absolute Gasteiger partial charge is 0.340 e. The normalized spacial score (nSPS) is 34.2. The van der Waals surface area contributed by atoms with Crippen molar-refractivity contribution >= 4 is 43.8 Å². The molecule has 0 aliphatic carbocycles. The summed E-state index contributed by atoms with van der Waals surface area (Å²) >= 11 is 6.18. The lowest BCUT2D eigenvalue weighted by Gasteiger charge is -2.47. The van der Waals surface area contributed by atoms with E-state index in [0.29, 0.717) is 11.3 Å². The van der Waals surface area contributed by atoms with Gasteiger partial charge >= 0.3 is 15.2 Å². The Balaban J connectivity index is 1.34. The summed E-state index contributed by atoms with van der Waals surface area (Å²) in [6.45, 7) is 3.95. The minimum atomic E-state index is -4.82. The van der Waals surface area contributed by atoms with Crippen LogP contribution in [0.25, 0.3) is 11.2 Å². The number of fused-ring (bicyclic) bond motifs is 4. The van der Waals surface area contributed by atoms with Gasteiger partial charge in [0, 0.05) is 32.7 Å². The van der Waals surface area contributed by atoms with Crippen molar-refractivity contribution < 1.29 is 43.3 Å². The quantitative estimate of drug-likeness (QED) is 0.163. The lowest BCUT2D eigenvalue weighted by atomic mass is 10.1. The summed E-state index contributed by atoms with van der Waals surface area (Å²) in [6, 6.07) is 0. The summed E-state index contributed by atoms with van der Waals surface area (Å²) in [4.78, 5) is 45.0. The molecule has 6 heterocycles. The molecular weight excluding hydrogens is 544 g/mol. The van der Waals surface area contributed by atoms with Gasteiger partial charge in [-0.2, -0.15) is 9.97 Å². The van der Waals surface area contributed by atoms with Gasteiger partial charge in [-0.1, -0.05) is 0 Å². The number of nitrogens with one attached hydrogen (secondary N) is 1. The van der Waals surface area contributed by atoms with Gasteiger partial charge in [0.1, 0.15) is 18.3 Å². The van der Waals surface area contributed by atoms with Crippen LogP contribution in [0.5, 0.6) is 0 Å². The molecule has 0 saturated carbocycles. The van der Waals surface area contributed by atoms with E-state index in [2.05, 4.69) is 30.1 Å². The van der Waals surface area contributed by atoms with Crippen LogP contribution in [0, 0.1) is 0 Å². The molecule has 2 aromatic rings. The predicted octanol–water partition coefficient (Wildman–Crippen LogP) is -1.19. The van der Waals surface area contributed by atoms with Crippen molar-refractivity contribution in [3.63, 3.8) is 0 Å². The lowest BCUT2D eigenvalue weighted by molar-refractivity contribution is -0.0483. The van der Waals surface area contributed by atoms with E-state index >= 15 is 0 Å². The molecule has 0 amide bonds. The van der Waals surface area contributed by atoms with Crippen LogP contribution in [-0.2, 0) is 18.4 Å². The number of anilines is 1. The fraction of sp³-hybridized carbons (Fsp3) is 0.706. The molecule has 200 valence electrons. The maximum Gasteiger partial charge on any atom is 0.340 e. The summed E-state index contributed by atoms with van der Waals surface area (Å²) in [5.74, 6) is -0.989. The predicted molar refractivity (Wildman–Crippen MR) is 124 cm³/mol. The van der Waals surface area contributed by atoms with Crippen LogP contribution < -0.4 is 5.32 Å². The molecule has 6 rings (SSSR count). The standard InChI is InChI=1S/C17H26ClN7O9P2/c18-17-21-14(20-10-5-23-1-3-24(10)4-2-23)11-15(22-17)25(7-19-11)16-13(27)12(26)9(34-16)6-33-36(31,32)8-35(28,29)30/h7,9-10,12-13,16,26-27H,1-6,8H2,(H,31,32)(H,20,21,22)(H2,28,29,30). The average Bonchev–Trinajstić information content (AvgIpc) is 3.33. The van der Waals surface area contributed by atoms with Crippen LogP contribution in [0.1, 0.15) is 6.23 Å². The first-order valence-electron chi connectivity index (χ1n) is 11.1. The molecule has 6 atom stereocenters. The SMILES string of the molecule is O=P(O)(O)CP(=O)(O)OCC1OC(n2cnc3c(NC4CN5CCN4CC5)nc(Cl)nc32)C(O)C1O. The number of rotatable bonds is 8. The highest BCUT2D eigenvalue weighted by Gasteiger charge is 2.46. The molecule has 0 spiro atoms. The molecule has 4 aliphatic heterocycles. The number of hydrogen-bond acceptors (Lipinski definition) is 12. The van der Waals surface area contributed by atoms with E-state index in [4.69, 9.17) is 30.6 Å². The van der Waals surface area contributed by atoms with E-state index in [1.807, 2.05) is 0 Å². The van der Waals surface area contributed by atoms with Crippen LogP contribution in [-0.4, -0.2) is 124 Å². The van der Waals surface area contributed by atoms with Crippen LogP contribution in [0.3, 0.4) is 0 Å². The Morgan fingerprint density at radius 1 is 1.14 bits per heavy atom. The highest BCUT2D eigenvalue weighted by Crippen LogP contribution is 2.55. The molecule has 6 unspecified atom stereocenters. The van der Waals surface area contributed by atoms with E-state index in [1.54, 1.807) is 0 Å². The second-order valence-electron chi connectivity index (χ2n) is 8.95. The molecule has 4 aliphatic rings. The molecule has 2 bridgehead atoms. The van der Waals surface area contributed by atoms with E-state index in [9.17, 15) is 24.2 Å². The van der Waals surface area contributed by atoms with Gasteiger partial charge < -0.3 is 39.5 Å². The average molecular weight is 570 g/mol. The van der Waals surface area contributed by atoms with E-state index < -0.39 is 52.2 Å². The summed E-state index contributed by atoms with van der Waals surface area (Å²) in [5.41, 5.74) is 0.587. The zero-order chi connectivity index (χ0) is 25.8. The van der Waals surface area contributed by atoms with Crippen LogP contribution in [0.15, 0.2) is 6.33 Å². The summed E-state index contributed by atoms with van der Waals surface area (Å²) in [6.07, 6.45) is -4.20. The van der Waals surface area contributed by atoms with Crippen molar-refractivity contribution in [2.45, 2.75) is 30.7 Å². The van der Waals surface area contributed by atoms with Crippen molar-refractivity contribution in [3.05, 3.63) is 11.6 Å². The lowest BCUT2D eigenvalue weighted by Crippen LogP contribution is -2.63. The number of halogens is 1. The Morgan fingerprint density at radius 2 is 1.86 bits per heavy atom. The highest BCUT2D eigenvalue weighted by molar-refractivity contribution is 7.70. The molecule has 36 heavy (non-hydrogen) atoms. The van der Waals surface area contributed by atoms with Gasteiger partial charge in [0.15, 0.2) is 29.1 Å². The fourth-order valence-corrected chi connectivity index (χ4v) is 7.38. The van der Waals surface area contributed by atoms with Gasteiger partial charge in [0.25, 0.3) is 0 Å². The van der Waals surface area contributed by atoms with Crippen LogP contribution in [0.4, 0.5) is 5.82 Å². The minimum absolute atomic E-state index is 0.00538. The van der Waals surface area contributed by atoms with E-state index in [-0.39, 0.29) is 17.1 Å². The topological polar surface area (TPSA) is 216 Å². The zero-order valence-corrected chi connectivity index (χ0v) is 21.3. The Labute approximate surface area is 209 Å². The number of ether oxygens (including phenoxy) is 1. The number of aliphatic hydroxyl groups excluding tert-OH is 2. The molecular formula is C17H26ClN7O9P2. The molecule has 4 fully saturated rings. The Morgan fingerprint density at radius 3 is 2.50 bits per heavy atom. The van der Waals surface area contributed by atoms with Gasteiger partial charge in [-0.15, -0.1) is 0 Å². The Hall–Kier alpha value is -1.26. The maximum atomic E-state index is 11.9. The Bertz CT molecular complexity index is 1220. The zero-order valence-electron chi connectivity index (χ0n) is 18.7. The minimum Gasteiger partial charge on any atom is -0.387 e. The van der Waals surface area contributed by atoms with Crippen molar-refractivity contribution in [2.24, 2.45) is 0 Å². The van der Waals surface area contributed by atoms with Gasteiger partial charge in [-0.3, -0.25) is 23.5 Å². The third-order valence-corrected chi connectivity index (χ3v) is 10.0. The van der Waals surface area contributed by atoms with Gasteiger partial charge in [0.2, 0.25) is 5.28 Å². The number of aromatic nitrogens is 4. The summed E-state index contributed by atoms with van der Waals surface area (Å²) in [5, 5.41) is 24.3. The number of imidazole rings is 1. The largest absolute Gasteiger partial charge is 0.387 e. The van der Waals surface area contributed by atoms with Gasteiger partial charge in [0.05, 0.1) is 19.1 Å². The van der Waals surface area contributed by atoms with Crippen molar-refractivity contribution in [3.8, 4) is 0 Å². The molecule has 0 radical (unpaired) electrons. The fourth-order valence-electron chi connectivity index (χ4n) is 4.65. The molecule has 0 aromatic carbocycles. The van der Waals surface area contributed by atoms with Crippen molar-refractivity contribution in [1.82, 2.24) is 29.3 Å². The Kier molecular flexibility index (Phi) is 7.18.